The van der Waals surface area contributed by atoms with E-state index in [9.17, 15) is 0 Å². The second-order valence-electron chi connectivity index (χ2n) is 8.28. The van der Waals surface area contributed by atoms with Crippen molar-refractivity contribution in [3.8, 4) is 0 Å². The van der Waals surface area contributed by atoms with Gasteiger partial charge in [-0.3, -0.25) is 0 Å². The highest BCUT2D eigenvalue weighted by Gasteiger charge is 2.19. The fraction of sp³-hybridized carbons (Fsp3) is 1.00. The zero-order chi connectivity index (χ0) is 16.2. The lowest BCUT2D eigenvalue weighted by Crippen LogP contribution is -2.40. The first-order chi connectivity index (χ1) is 10.6. The molecule has 2 rings (SSSR count). The van der Waals surface area contributed by atoms with Crippen molar-refractivity contribution in [3.05, 3.63) is 0 Å². The molecule has 0 aromatic carbocycles. The van der Waals surface area contributed by atoms with Gasteiger partial charge in [-0.15, -0.1) is 0 Å². The summed E-state index contributed by atoms with van der Waals surface area (Å²) in [6.45, 7) is 11.2. The van der Waals surface area contributed by atoms with Crippen molar-refractivity contribution in [1.29, 1.82) is 0 Å². The van der Waals surface area contributed by atoms with Gasteiger partial charge in [0.15, 0.2) is 0 Å². The Morgan fingerprint density at radius 1 is 0.636 bits per heavy atom. The van der Waals surface area contributed by atoms with Gasteiger partial charge in [0, 0.05) is 12.1 Å². The summed E-state index contributed by atoms with van der Waals surface area (Å²) in [5.74, 6) is 1.56. The Morgan fingerprint density at radius 3 is 1.32 bits per heavy atom. The van der Waals surface area contributed by atoms with Crippen molar-refractivity contribution in [1.82, 2.24) is 10.6 Å². The third-order valence-electron chi connectivity index (χ3n) is 4.79. The van der Waals surface area contributed by atoms with Crippen LogP contribution in [0.2, 0.25) is 0 Å². The monoisotopic (exact) mass is 310 g/mol. The predicted octanol–water partition coefficient (Wildman–Crippen LogP) is 5.13. The van der Waals surface area contributed by atoms with Crippen molar-refractivity contribution in [2.75, 3.05) is 13.1 Å². The standard InChI is InChI=1S/C12H23N.C8H19N/c1-3-7-11(8-4-1)13-12-9-5-2-6-10-12;1-7(2)5-9-6-8(3)4/h11-13H,1-10H2;7-9H,5-6H2,1-4H3. The molecule has 2 N–H and O–H groups in total. The molecule has 2 aliphatic carbocycles. The fourth-order valence-corrected chi connectivity index (χ4v) is 3.53. The fourth-order valence-electron chi connectivity index (χ4n) is 3.53. The summed E-state index contributed by atoms with van der Waals surface area (Å²) in [6, 6.07) is 1.74. The molecule has 0 aromatic heterocycles. The minimum absolute atomic E-state index is 0.781. The summed E-state index contributed by atoms with van der Waals surface area (Å²) in [5, 5.41) is 7.24. The van der Waals surface area contributed by atoms with Gasteiger partial charge in [0.05, 0.1) is 0 Å². The van der Waals surface area contributed by atoms with Crippen LogP contribution in [0, 0.1) is 11.8 Å². The molecule has 2 nitrogen and oxygen atoms in total. The molecular weight excluding hydrogens is 268 g/mol. The molecule has 0 spiro atoms. The van der Waals surface area contributed by atoms with Gasteiger partial charge < -0.3 is 10.6 Å². The number of hydrogen-bond acceptors (Lipinski definition) is 2. The van der Waals surface area contributed by atoms with E-state index in [2.05, 4.69) is 38.3 Å². The molecule has 2 heteroatoms. The Hall–Kier alpha value is -0.0800. The van der Waals surface area contributed by atoms with E-state index in [1.54, 1.807) is 0 Å². The van der Waals surface area contributed by atoms with Gasteiger partial charge in [-0.2, -0.15) is 0 Å². The Kier molecular flexibility index (Phi) is 11.2. The zero-order valence-corrected chi connectivity index (χ0v) is 15.8. The highest BCUT2D eigenvalue weighted by molar-refractivity contribution is 4.79. The third-order valence-corrected chi connectivity index (χ3v) is 4.79. The van der Waals surface area contributed by atoms with Crippen LogP contribution in [0.3, 0.4) is 0 Å². The first-order valence-electron chi connectivity index (χ1n) is 10.0. The molecule has 2 aliphatic rings. The molecule has 22 heavy (non-hydrogen) atoms. The van der Waals surface area contributed by atoms with Gasteiger partial charge >= 0.3 is 0 Å². The average Bonchev–Trinajstić information content (AvgIpc) is 2.49. The second-order valence-corrected chi connectivity index (χ2v) is 8.28. The van der Waals surface area contributed by atoms with Crippen molar-refractivity contribution < 1.29 is 0 Å². The second kappa shape index (κ2) is 12.4. The van der Waals surface area contributed by atoms with E-state index in [0.29, 0.717) is 0 Å². The minimum Gasteiger partial charge on any atom is -0.316 e. The van der Waals surface area contributed by atoms with Crippen molar-refractivity contribution in [2.45, 2.75) is 104 Å². The summed E-state index contributed by atoms with van der Waals surface area (Å²) in [5.41, 5.74) is 0. The normalized spacial score (nSPS) is 21.0. The van der Waals surface area contributed by atoms with Crippen LogP contribution in [0.25, 0.3) is 0 Å². The van der Waals surface area contributed by atoms with Gasteiger partial charge in [0.25, 0.3) is 0 Å². The molecule has 2 fully saturated rings. The maximum absolute atomic E-state index is 3.86. The molecule has 0 aromatic rings. The molecule has 0 atom stereocenters. The highest BCUT2D eigenvalue weighted by Crippen LogP contribution is 2.22. The maximum Gasteiger partial charge on any atom is 0.00696 e. The van der Waals surface area contributed by atoms with E-state index in [0.717, 1.165) is 37.0 Å². The quantitative estimate of drug-likeness (QED) is 0.710. The first kappa shape index (κ1) is 20.0. The lowest BCUT2D eigenvalue weighted by atomic mass is 9.91. The molecule has 0 saturated heterocycles. The van der Waals surface area contributed by atoms with Crippen LogP contribution in [0.1, 0.15) is 91.9 Å². The summed E-state index contributed by atoms with van der Waals surface area (Å²) in [4.78, 5) is 0. The maximum atomic E-state index is 3.86. The van der Waals surface area contributed by atoms with Crippen molar-refractivity contribution in [3.63, 3.8) is 0 Å². The minimum atomic E-state index is 0.781. The van der Waals surface area contributed by atoms with Gasteiger partial charge in [-0.05, 0) is 50.6 Å². The van der Waals surface area contributed by atoms with Gasteiger partial charge in [-0.1, -0.05) is 66.2 Å². The largest absolute Gasteiger partial charge is 0.316 e. The molecule has 2 saturated carbocycles. The van der Waals surface area contributed by atoms with Crippen LogP contribution >= 0.6 is 0 Å². The number of hydrogen-bond donors (Lipinski definition) is 2. The summed E-state index contributed by atoms with van der Waals surface area (Å²) < 4.78 is 0. The highest BCUT2D eigenvalue weighted by atomic mass is 14.9. The van der Waals surface area contributed by atoms with Crippen LogP contribution in [0.15, 0.2) is 0 Å². The van der Waals surface area contributed by atoms with Crippen molar-refractivity contribution in [2.24, 2.45) is 11.8 Å². The molecule has 0 aliphatic heterocycles. The topological polar surface area (TPSA) is 24.1 Å². The third kappa shape index (κ3) is 10.6. The Labute approximate surface area is 140 Å². The molecule has 0 heterocycles. The summed E-state index contributed by atoms with van der Waals surface area (Å²) >= 11 is 0. The molecule has 0 amide bonds. The molecule has 0 bridgehead atoms. The van der Waals surface area contributed by atoms with Gasteiger partial charge in [-0.25, -0.2) is 0 Å². The van der Waals surface area contributed by atoms with Crippen LogP contribution in [0.5, 0.6) is 0 Å². The van der Waals surface area contributed by atoms with Crippen LogP contribution in [-0.2, 0) is 0 Å². The lowest BCUT2D eigenvalue weighted by Gasteiger charge is -2.30. The SMILES string of the molecule is C1CCC(NC2CCCCC2)CC1.CC(C)CNCC(C)C. The van der Waals surface area contributed by atoms with Crippen molar-refractivity contribution >= 4 is 0 Å². The van der Waals surface area contributed by atoms with E-state index in [4.69, 9.17) is 0 Å². The lowest BCUT2D eigenvalue weighted by molar-refractivity contribution is 0.291. The first-order valence-corrected chi connectivity index (χ1v) is 10.0. The predicted molar refractivity (Wildman–Crippen MR) is 99.4 cm³/mol. The van der Waals surface area contributed by atoms with E-state index >= 15 is 0 Å². The molecule has 0 unspecified atom stereocenters. The molecule has 132 valence electrons. The molecule has 0 radical (unpaired) electrons. The number of nitrogens with one attached hydrogen (secondary N) is 2. The summed E-state index contributed by atoms with van der Waals surface area (Å²) in [7, 11) is 0. The van der Waals surface area contributed by atoms with Gasteiger partial charge in [0.1, 0.15) is 0 Å². The zero-order valence-electron chi connectivity index (χ0n) is 15.8. The summed E-state index contributed by atoms with van der Waals surface area (Å²) in [6.07, 6.45) is 14.6. The van der Waals surface area contributed by atoms with E-state index < -0.39 is 0 Å². The van der Waals surface area contributed by atoms with E-state index in [1.165, 1.54) is 64.2 Å². The van der Waals surface area contributed by atoms with Crippen LogP contribution in [-0.4, -0.2) is 25.2 Å². The average molecular weight is 311 g/mol. The Morgan fingerprint density at radius 2 is 1.00 bits per heavy atom. The molecular formula is C20H42N2. The van der Waals surface area contributed by atoms with Gasteiger partial charge in [0.2, 0.25) is 0 Å². The number of rotatable bonds is 6. The Bertz CT molecular complexity index is 214. The van der Waals surface area contributed by atoms with E-state index in [-0.39, 0.29) is 0 Å². The van der Waals surface area contributed by atoms with Crippen LogP contribution in [0.4, 0.5) is 0 Å². The van der Waals surface area contributed by atoms with Crippen LogP contribution < -0.4 is 10.6 Å². The van der Waals surface area contributed by atoms with E-state index in [1.807, 2.05) is 0 Å². The Balaban J connectivity index is 0.000000239. The smallest absolute Gasteiger partial charge is 0.00696 e.